The predicted molar refractivity (Wildman–Crippen MR) is 69.5 cm³/mol. The lowest BCUT2D eigenvalue weighted by molar-refractivity contribution is 0.474. The third-order valence-corrected chi connectivity index (χ3v) is 3.84. The van der Waals surface area contributed by atoms with E-state index in [0.717, 1.165) is 4.88 Å². The molecule has 2 nitrogen and oxygen atoms in total. The van der Waals surface area contributed by atoms with Crippen LogP contribution in [0.5, 0.6) is 0 Å². The number of nitrogens with one attached hydrogen (secondary N) is 1. The Morgan fingerprint density at radius 2 is 1.89 bits per heavy atom. The van der Waals surface area contributed by atoms with Crippen molar-refractivity contribution in [3.05, 3.63) is 56.7 Å². The van der Waals surface area contributed by atoms with Crippen LogP contribution in [0.3, 0.4) is 0 Å². The molecule has 0 saturated carbocycles. The van der Waals surface area contributed by atoms with E-state index in [4.69, 9.17) is 17.4 Å². The summed E-state index contributed by atoms with van der Waals surface area (Å²) in [6.45, 7) is 0. The van der Waals surface area contributed by atoms with E-state index in [9.17, 15) is 8.78 Å². The Labute approximate surface area is 112 Å². The van der Waals surface area contributed by atoms with E-state index in [1.807, 2.05) is 6.07 Å². The molecule has 0 saturated heterocycles. The minimum absolute atomic E-state index is 0.0514. The number of benzene rings is 1. The normalized spacial score (nSPS) is 12.7. The Balaban J connectivity index is 2.28. The van der Waals surface area contributed by atoms with Gasteiger partial charge in [0.05, 0.1) is 10.4 Å². The summed E-state index contributed by atoms with van der Waals surface area (Å²) >= 11 is 7.18. The fourth-order valence-electron chi connectivity index (χ4n) is 1.75. The Morgan fingerprint density at radius 3 is 2.39 bits per heavy atom. The number of hydrogen-bond acceptors (Lipinski definition) is 3. The molecule has 0 bridgehead atoms. The maximum Gasteiger partial charge on any atom is 0.130 e. The van der Waals surface area contributed by atoms with Crippen LogP contribution in [0.15, 0.2) is 30.3 Å². The standard InChI is InChI=1S/C12H11ClF2N2S/c13-11-5-4-7(18-11)6-10(17-16)12-8(14)2-1-3-9(12)15/h1-5,10,17H,6,16H2. The molecule has 0 radical (unpaired) electrons. The molecule has 0 aliphatic heterocycles. The van der Waals surface area contributed by atoms with Gasteiger partial charge in [0.15, 0.2) is 0 Å². The first-order valence-electron chi connectivity index (χ1n) is 5.26. The second-order valence-electron chi connectivity index (χ2n) is 3.76. The highest BCUT2D eigenvalue weighted by atomic mass is 35.5. The molecule has 18 heavy (non-hydrogen) atoms. The van der Waals surface area contributed by atoms with E-state index in [1.165, 1.54) is 29.5 Å². The average Bonchev–Trinajstić information content (AvgIpc) is 2.73. The maximum atomic E-state index is 13.6. The van der Waals surface area contributed by atoms with Crippen molar-refractivity contribution < 1.29 is 8.78 Å². The van der Waals surface area contributed by atoms with Crippen LogP contribution in [0.4, 0.5) is 8.78 Å². The monoisotopic (exact) mass is 288 g/mol. The molecule has 2 rings (SSSR count). The van der Waals surface area contributed by atoms with Crippen LogP contribution in [0.25, 0.3) is 0 Å². The molecular formula is C12H11ClF2N2S. The first-order chi connectivity index (χ1) is 8.61. The zero-order valence-electron chi connectivity index (χ0n) is 9.29. The van der Waals surface area contributed by atoms with Crippen molar-refractivity contribution in [2.75, 3.05) is 0 Å². The third-order valence-electron chi connectivity index (χ3n) is 2.58. The predicted octanol–water partition coefficient (Wildman–Crippen LogP) is 3.43. The highest BCUT2D eigenvalue weighted by molar-refractivity contribution is 7.16. The molecule has 1 aromatic heterocycles. The van der Waals surface area contributed by atoms with Gasteiger partial charge in [0.2, 0.25) is 0 Å². The molecule has 0 aliphatic rings. The molecule has 3 N–H and O–H groups in total. The highest BCUT2D eigenvalue weighted by Crippen LogP contribution is 2.28. The minimum Gasteiger partial charge on any atom is -0.271 e. The van der Waals surface area contributed by atoms with Crippen molar-refractivity contribution in [2.24, 2.45) is 5.84 Å². The fraction of sp³-hybridized carbons (Fsp3) is 0.167. The Bertz CT molecular complexity index is 524. The summed E-state index contributed by atoms with van der Waals surface area (Å²) in [7, 11) is 0. The van der Waals surface area contributed by atoms with Crippen LogP contribution in [0.1, 0.15) is 16.5 Å². The van der Waals surface area contributed by atoms with Gasteiger partial charge in [-0.3, -0.25) is 11.3 Å². The van der Waals surface area contributed by atoms with Crippen LogP contribution in [0, 0.1) is 11.6 Å². The summed E-state index contributed by atoms with van der Waals surface area (Å²) in [6.07, 6.45) is 0.381. The summed E-state index contributed by atoms with van der Waals surface area (Å²) in [4.78, 5) is 0.908. The number of rotatable bonds is 4. The average molecular weight is 289 g/mol. The van der Waals surface area contributed by atoms with E-state index in [2.05, 4.69) is 5.43 Å². The van der Waals surface area contributed by atoms with Crippen molar-refractivity contribution in [3.63, 3.8) is 0 Å². The minimum atomic E-state index is -0.624. The molecule has 1 aromatic carbocycles. The lowest BCUT2D eigenvalue weighted by Gasteiger charge is -2.16. The quantitative estimate of drug-likeness (QED) is 0.668. The fourth-order valence-corrected chi connectivity index (χ4v) is 2.88. The first-order valence-corrected chi connectivity index (χ1v) is 6.45. The topological polar surface area (TPSA) is 38.0 Å². The SMILES string of the molecule is NNC(Cc1ccc(Cl)s1)c1c(F)cccc1F. The summed E-state index contributed by atoms with van der Waals surface area (Å²) in [5.41, 5.74) is 2.39. The summed E-state index contributed by atoms with van der Waals surface area (Å²) in [5.74, 6) is 4.16. The first kappa shape index (κ1) is 13.4. The van der Waals surface area contributed by atoms with Crippen molar-refractivity contribution >= 4 is 22.9 Å². The Kier molecular flexibility index (Phi) is 4.29. The highest BCUT2D eigenvalue weighted by Gasteiger charge is 2.19. The molecule has 1 unspecified atom stereocenters. The van der Waals surface area contributed by atoms with Gasteiger partial charge >= 0.3 is 0 Å². The van der Waals surface area contributed by atoms with Crippen molar-refractivity contribution in [1.29, 1.82) is 0 Å². The molecule has 0 spiro atoms. The molecule has 1 heterocycles. The van der Waals surface area contributed by atoms with Crippen LogP contribution in [0.2, 0.25) is 4.34 Å². The van der Waals surface area contributed by atoms with Gasteiger partial charge in [-0.05, 0) is 24.3 Å². The van der Waals surface area contributed by atoms with Gasteiger partial charge in [-0.15, -0.1) is 11.3 Å². The van der Waals surface area contributed by atoms with Crippen LogP contribution >= 0.6 is 22.9 Å². The maximum absolute atomic E-state index is 13.6. The number of halogens is 3. The van der Waals surface area contributed by atoms with Gasteiger partial charge in [-0.25, -0.2) is 8.78 Å². The second kappa shape index (κ2) is 5.75. The van der Waals surface area contributed by atoms with Gasteiger partial charge in [-0.1, -0.05) is 17.7 Å². The molecule has 96 valence electrons. The van der Waals surface area contributed by atoms with Crippen LogP contribution < -0.4 is 11.3 Å². The van der Waals surface area contributed by atoms with E-state index in [0.29, 0.717) is 10.8 Å². The number of thiophene rings is 1. The van der Waals surface area contributed by atoms with E-state index in [-0.39, 0.29) is 5.56 Å². The van der Waals surface area contributed by atoms with Gasteiger partial charge in [0.1, 0.15) is 11.6 Å². The molecule has 0 fully saturated rings. The molecule has 2 aromatic rings. The van der Waals surface area contributed by atoms with Gasteiger partial charge in [-0.2, -0.15) is 0 Å². The molecule has 0 aliphatic carbocycles. The third kappa shape index (κ3) is 2.87. The van der Waals surface area contributed by atoms with E-state index >= 15 is 0 Å². The smallest absolute Gasteiger partial charge is 0.130 e. The van der Waals surface area contributed by atoms with Crippen molar-refractivity contribution in [3.8, 4) is 0 Å². The molecular weight excluding hydrogens is 278 g/mol. The van der Waals surface area contributed by atoms with Gasteiger partial charge < -0.3 is 0 Å². The van der Waals surface area contributed by atoms with E-state index < -0.39 is 17.7 Å². The van der Waals surface area contributed by atoms with Gasteiger partial charge in [0.25, 0.3) is 0 Å². The molecule has 1 atom stereocenters. The Hall–Kier alpha value is -1.01. The number of hydrazine groups is 1. The summed E-state index contributed by atoms with van der Waals surface area (Å²) < 4.78 is 27.9. The summed E-state index contributed by atoms with van der Waals surface area (Å²) in [6, 6.07) is 6.68. The van der Waals surface area contributed by atoms with Crippen molar-refractivity contribution in [2.45, 2.75) is 12.5 Å². The van der Waals surface area contributed by atoms with E-state index in [1.54, 1.807) is 6.07 Å². The number of nitrogens with two attached hydrogens (primary N) is 1. The Morgan fingerprint density at radius 1 is 1.22 bits per heavy atom. The lowest BCUT2D eigenvalue weighted by atomic mass is 10.0. The van der Waals surface area contributed by atoms with Crippen LogP contribution in [-0.2, 0) is 6.42 Å². The second-order valence-corrected chi connectivity index (χ2v) is 5.56. The lowest BCUT2D eigenvalue weighted by Crippen LogP contribution is -2.30. The molecule has 6 heteroatoms. The van der Waals surface area contributed by atoms with Crippen molar-refractivity contribution in [1.82, 2.24) is 5.43 Å². The zero-order valence-corrected chi connectivity index (χ0v) is 10.9. The summed E-state index contributed by atoms with van der Waals surface area (Å²) in [5, 5.41) is 0. The zero-order chi connectivity index (χ0) is 13.1. The number of hydrogen-bond donors (Lipinski definition) is 2. The van der Waals surface area contributed by atoms with Gasteiger partial charge in [0, 0.05) is 16.9 Å². The van der Waals surface area contributed by atoms with Crippen LogP contribution in [-0.4, -0.2) is 0 Å². The largest absolute Gasteiger partial charge is 0.271 e. The molecule has 0 amide bonds.